The number of nitrogens with zero attached hydrogens (tertiary/aromatic N) is 2. The molecule has 3 heteroatoms. The Morgan fingerprint density at radius 3 is 0.803 bits per heavy atom. The van der Waals surface area contributed by atoms with Crippen LogP contribution in [0.2, 0.25) is 0 Å². The number of unbranched alkanes of at least 4 members (excludes halogenated alkanes) is 28. The van der Waals surface area contributed by atoms with Crippen LogP contribution in [0.4, 0.5) is 0 Å². The number of hydrogen-bond donors (Lipinski definition) is 0. The summed E-state index contributed by atoms with van der Waals surface area (Å²) in [5.74, 6) is 0. The zero-order valence-corrected chi connectivity index (χ0v) is 50.2. The van der Waals surface area contributed by atoms with Gasteiger partial charge in [0.2, 0.25) is 11.4 Å². The van der Waals surface area contributed by atoms with E-state index in [1.54, 1.807) is 4.70 Å². The van der Waals surface area contributed by atoms with Gasteiger partial charge in [-0.05, 0) is 122 Å². The largest absolute Gasteiger partial charge is 2.00 e. The fourth-order valence-electron chi connectivity index (χ4n) is 10.9. The van der Waals surface area contributed by atoms with Gasteiger partial charge < -0.3 is 19.4 Å². The predicted molar refractivity (Wildman–Crippen MR) is 317 cm³/mol. The molecular formula is C68H118N2Ni. The van der Waals surface area contributed by atoms with Gasteiger partial charge in [0.05, 0.1) is 0 Å². The van der Waals surface area contributed by atoms with Crippen LogP contribution in [0.1, 0.15) is 332 Å². The number of aryl methyl sites for hydroxylation is 4. The molecule has 0 fully saturated rings. The van der Waals surface area contributed by atoms with Crippen LogP contribution < -0.4 is 0 Å². The summed E-state index contributed by atoms with van der Waals surface area (Å²) in [6, 6.07) is 9.58. The van der Waals surface area contributed by atoms with E-state index in [4.69, 9.17) is 0 Å². The van der Waals surface area contributed by atoms with Crippen molar-refractivity contribution in [3.05, 3.63) is 99.3 Å². The number of allylic oxidation sites excluding steroid dienone is 2. The maximum Gasteiger partial charge on any atom is 2.00 e. The number of hydrogen-bond acceptors (Lipinski definition) is 0. The Morgan fingerprint density at radius 1 is 0.324 bits per heavy atom. The second-order valence-electron chi connectivity index (χ2n) is 21.0. The van der Waals surface area contributed by atoms with Gasteiger partial charge >= 0.3 is 16.5 Å². The second-order valence-corrected chi connectivity index (χ2v) is 21.0. The molecule has 1 aliphatic rings. The van der Waals surface area contributed by atoms with Crippen molar-refractivity contribution in [2.45, 2.75) is 326 Å². The fourth-order valence-corrected chi connectivity index (χ4v) is 10.9. The van der Waals surface area contributed by atoms with Crippen molar-refractivity contribution in [1.29, 1.82) is 0 Å². The molecule has 0 saturated carbocycles. The topological polar surface area (TPSA) is 25.3 Å². The monoisotopic (exact) mass is 1020 g/mol. The van der Waals surface area contributed by atoms with Crippen molar-refractivity contribution in [1.82, 2.24) is 0 Å². The first-order chi connectivity index (χ1) is 34.3. The van der Waals surface area contributed by atoms with E-state index in [0.717, 1.165) is 88.4 Å². The Kier molecular flexibility index (Phi) is 45.2. The summed E-state index contributed by atoms with van der Waals surface area (Å²) in [6.07, 6.45) is 52.0. The van der Waals surface area contributed by atoms with E-state index in [-0.39, 0.29) is 16.5 Å². The molecule has 1 aliphatic heterocycles. The minimum absolute atomic E-state index is 0. The van der Waals surface area contributed by atoms with Crippen LogP contribution in [0.5, 0.6) is 0 Å². The summed E-state index contributed by atoms with van der Waals surface area (Å²) in [5.41, 5.74) is 28.3. The normalized spacial score (nSPS) is 12.3. The molecule has 2 nitrogen and oxygen atoms in total. The Balaban J connectivity index is 0.00000138. The maximum atomic E-state index is 12.3. The summed E-state index contributed by atoms with van der Waals surface area (Å²) in [6.45, 7) is 30.5. The average molecular weight is 1020 g/mol. The first-order valence-corrected chi connectivity index (χ1v) is 31.1. The molecule has 1 heterocycles. The molecule has 0 amide bonds. The molecule has 0 saturated heterocycles. The number of benzene rings is 2. The first-order valence-electron chi connectivity index (χ1n) is 31.1. The zero-order valence-electron chi connectivity index (χ0n) is 49.2. The standard InChI is InChI=1S/C40H60N2.2C14H29.Ni/c1-9-17-19-20-21-22-24-38-37(23-18-10-2)39(33-25-29(11-3)35(15-7)30(12-4)26-33)42(41)40(38)34-27-31(13-5)36(16-8)32(14-6)28-34;2*1-3-5-7-9-11-13-14-12-10-8-6-4-2;/h25-28H,9-24H2,1-8H3;2*1,3-14H2,2H3;/q;2*-1;+2. The van der Waals surface area contributed by atoms with Crippen LogP contribution in [0.15, 0.2) is 35.4 Å². The molecule has 0 atom stereocenters. The predicted octanol–water partition coefficient (Wildman–Crippen LogP) is 23.2. The van der Waals surface area contributed by atoms with E-state index in [1.165, 1.54) is 235 Å². The fraction of sp³-hybridized carbons (Fsp3) is 0.735. The first kappa shape index (κ1) is 69.0. The van der Waals surface area contributed by atoms with Gasteiger partial charge in [0.15, 0.2) is 0 Å². The second kappa shape index (κ2) is 46.5. The van der Waals surface area contributed by atoms with Crippen molar-refractivity contribution in [3.63, 3.8) is 0 Å². The van der Waals surface area contributed by atoms with Gasteiger partial charge in [-0.3, -0.25) is 0 Å². The minimum atomic E-state index is 0. The van der Waals surface area contributed by atoms with Crippen LogP contribution >= 0.6 is 0 Å². The summed E-state index contributed by atoms with van der Waals surface area (Å²) >= 11 is 0. The maximum absolute atomic E-state index is 12.3. The third-order valence-electron chi connectivity index (χ3n) is 15.3. The molecule has 410 valence electrons. The van der Waals surface area contributed by atoms with E-state index in [0.29, 0.717) is 0 Å². The van der Waals surface area contributed by atoms with E-state index in [2.05, 4.69) is 107 Å². The van der Waals surface area contributed by atoms with Crippen LogP contribution in [0.3, 0.4) is 0 Å². The molecule has 0 radical (unpaired) electrons. The van der Waals surface area contributed by atoms with Gasteiger partial charge in [-0.1, -0.05) is 249 Å². The molecule has 0 spiro atoms. The van der Waals surface area contributed by atoms with Crippen molar-refractivity contribution in [3.8, 4) is 0 Å². The Bertz CT molecular complexity index is 1580. The summed E-state index contributed by atoms with van der Waals surface area (Å²) in [7, 11) is 0. The molecule has 0 unspecified atom stereocenters. The molecule has 2 aromatic rings. The van der Waals surface area contributed by atoms with Gasteiger partial charge in [0, 0.05) is 22.3 Å². The van der Waals surface area contributed by atoms with Gasteiger partial charge in [-0.2, -0.15) is 12.8 Å². The molecule has 71 heavy (non-hydrogen) atoms. The average Bonchev–Trinajstić information content (AvgIpc) is 3.66. The molecule has 0 aromatic heterocycles. The molecule has 2 aromatic carbocycles. The molecule has 0 N–H and O–H groups in total. The summed E-state index contributed by atoms with van der Waals surface area (Å²) < 4.78 is 1.62. The summed E-state index contributed by atoms with van der Waals surface area (Å²) in [4.78, 5) is 0. The third kappa shape index (κ3) is 27.4. The Morgan fingerprint density at radius 2 is 0.563 bits per heavy atom. The third-order valence-corrected chi connectivity index (χ3v) is 15.3. The van der Waals surface area contributed by atoms with E-state index in [9.17, 15) is 5.53 Å². The van der Waals surface area contributed by atoms with E-state index in [1.807, 2.05) is 0 Å². The summed E-state index contributed by atoms with van der Waals surface area (Å²) in [5, 5.41) is 0. The van der Waals surface area contributed by atoms with E-state index < -0.39 is 0 Å². The van der Waals surface area contributed by atoms with Crippen molar-refractivity contribution >= 4 is 11.4 Å². The molecule has 0 bridgehead atoms. The van der Waals surface area contributed by atoms with E-state index >= 15 is 0 Å². The van der Waals surface area contributed by atoms with Crippen LogP contribution in [-0.4, -0.2) is 4.70 Å². The van der Waals surface area contributed by atoms with Gasteiger partial charge in [-0.25, -0.2) is 4.70 Å². The van der Waals surface area contributed by atoms with Crippen molar-refractivity contribution in [2.75, 3.05) is 0 Å². The van der Waals surface area contributed by atoms with Gasteiger partial charge in [0.1, 0.15) is 0 Å². The number of rotatable bonds is 40. The van der Waals surface area contributed by atoms with Crippen LogP contribution in [-0.2, 0) is 55.0 Å². The zero-order chi connectivity index (χ0) is 51.6. The minimum Gasteiger partial charge on any atom is -0.493 e. The van der Waals surface area contributed by atoms with Crippen LogP contribution in [0.25, 0.3) is 16.9 Å². The SMILES string of the molecule is CCCCCCCCC1=C(c2cc(CC)c(CC)c(CC)c2)[N+](=[N-])C(c2cc(CC)c(CC)c(CC)c2)=C1CCCC.[CH2-]CCCCCCCCCCCCC.[CH2-]CCCCCCCCCCCCC.[Ni+2]. The van der Waals surface area contributed by atoms with Gasteiger partial charge in [-0.15, -0.1) is 0 Å². The molecule has 0 aliphatic carbocycles. The van der Waals surface area contributed by atoms with Crippen molar-refractivity contribution in [2.24, 2.45) is 0 Å². The quantitative estimate of drug-likeness (QED) is 0.0275. The molecule has 3 rings (SSSR count). The smallest absolute Gasteiger partial charge is 0.493 e. The Hall–Kier alpha value is -1.99. The van der Waals surface area contributed by atoms with Gasteiger partial charge in [0.25, 0.3) is 0 Å². The van der Waals surface area contributed by atoms with Crippen LogP contribution in [0, 0.1) is 13.8 Å². The molecular weight excluding hydrogens is 903 g/mol. The van der Waals surface area contributed by atoms with Crippen molar-refractivity contribution < 1.29 is 21.2 Å². The Labute approximate surface area is 455 Å².